The fourth-order valence-corrected chi connectivity index (χ4v) is 8.41. The monoisotopic (exact) mass is 672 g/mol. The normalized spacial score (nSPS) is 11.4. The van der Waals surface area contributed by atoms with Gasteiger partial charge in [-0.2, -0.15) is 5.26 Å². The summed E-state index contributed by atoms with van der Waals surface area (Å²) in [5, 5.41) is 14.8. The fourth-order valence-electron chi connectivity index (χ4n) is 8.41. The molecule has 0 atom stereocenters. The second-order valence-corrected chi connectivity index (χ2v) is 13.5. The van der Waals surface area contributed by atoms with Gasteiger partial charge in [-0.05, 0) is 120 Å². The Balaban J connectivity index is 1.23. The molecule has 1 aliphatic carbocycles. The van der Waals surface area contributed by atoms with Crippen LogP contribution in [0.4, 0.5) is 17.1 Å². The molecule has 2 heteroatoms. The van der Waals surface area contributed by atoms with Crippen molar-refractivity contribution >= 4 is 38.6 Å². The van der Waals surface area contributed by atoms with Gasteiger partial charge in [0.05, 0.1) is 11.6 Å². The third-order valence-corrected chi connectivity index (χ3v) is 10.6. The number of anilines is 3. The van der Waals surface area contributed by atoms with Crippen LogP contribution in [0, 0.1) is 11.3 Å². The first-order valence-corrected chi connectivity index (χ1v) is 18.0. The molecule has 0 spiro atoms. The van der Waals surface area contributed by atoms with E-state index in [0.717, 1.165) is 22.6 Å². The molecule has 0 N–H and O–H groups in total. The molecule has 246 valence electrons. The van der Waals surface area contributed by atoms with Crippen LogP contribution < -0.4 is 4.90 Å². The van der Waals surface area contributed by atoms with Crippen LogP contribution in [-0.2, 0) is 0 Å². The van der Waals surface area contributed by atoms with E-state index in [1.807, 2.05) is 24.3 Å². The topological polar surface area (TPSA) is 27.0 Å². The van der Waals surface area contributed by atoms with Gasteiger partial charge in [-0.1, -0.05) is 152 Å². The third kappa shape index (κ3) is 4.94. The molecular weight excluding hydrogens is 641 g/mol. The first-order chi connectivity index (χ1) is 26.3. The van der Waals surface area contributed by atoms with Crippen molar-refractivity contribution in [3.63, 3.8) is 0 Å². The van der Waals surface area contributed by atoms with Crippen LogP contribution >= 0.6 is 0 Å². The molecule has 0 bridgehead atoms. The standard InChI is InChI=1S/C51H32N2/c52-33-34-15-12-23-39(31-34)53(38-21-8-3-9-22-38)40-24-13-20-37(32-40)41-29-30-46-49-42(41)27-14-28-45(49)50-47(35-16-4-1-5-17-35)43-25-10-11-26-44(43)48(51(46)50)36-18-6-2-7-19-36/h1-32H. The van der Waals surface area contributed by atoms with Crippen molar-refractivity contribution in [3.8, 4) is 61.7 Å². The SMILES string of the molecule is N#Cc1cccc(N(c2ccccc2)c2cccc(-c3ccc4c5c(cccc35)-c3c-4c(-c4ccccc4)c4ccccc4c3-c3ccccc3)c2)c1. The summed E-state index contributed by atoms with van der Waals surface area (Å²) in [5.74, 6) is 0. The van der Waals surface area contributed by atoms with Crippen molar-refractivity contribution in [2.24, 2.45) is 0 Å². The number of hydrogen-bond donors (Lipinski definition) is 0. The van der Waals surface area contributed by atoms with Gasteiger partial charge in [-0.3, -0.25) is 0 Å². The summed E-state index contributed by atoms with van der Waals surface area (Å²) in [6.07, 6.45) is 0. The molecule has 10 rings (SSSR count). The van der Waals surface area contributed by atoms with Gasteiger partial charge in [0.1, 0.15) is 0 Å². The molecule has 0 fully saturated rings. The molecule has 0 unspecified atom stereocenters. The maximum atomic E-state index is 9.74. The van der Waals surface area contributed by atoms with Crippen molar-refractivity contribution in [2.75, 3.05) is 4.90 Å². The first kappa shape index (κ1) is 30.6. The lowest BCUT2D eigenvalue weighted by Crippen LogP contribution is -2.10. The average molecular weight is 673 g/mol. The van der Waals surface area contributed by atoms with Gasteiger partial charge in [0.25, 0.3) is 0 Å². The van der Waals surface area contributed by atoms with Gasteiger partial charge in [0.2, 0.25) is 0 Å². The van der Waals surface area contributed by atoms with Crippen molar-refractivity contribution in [2.45, 2.75) is 0 Å². The molecule has 0 aromatic heterocycles. The van der Waals surface area contributed by atoms with E-state index >= 15 is 0 Å². The smallest absolute Gasteiger partial charge is 0.0992 e. The Kier molecular flexibility index (Phi) is 7.23. The number of nitriles is 1. The number of rotatable bonds is 6. The number of hydrogen-bond acceptors (Lipinski definition) is 2. The quantitative estimate of drug-likeness (QED) is 0.176. The fraction of sp³-hybridized carbons (Fsp3) is 0. The minimum absolute atomic E-state index is 0.629. The summed E-state index contributed by atoms with van der Waals surface area (Å²) >= 11 is 0. The highest BCUT2D eigenvalue weighted by Gasteiger charge is 2.31. The number of para-hydroxylation sites is 1. The molecule has 1 aliphatic rings. The summed E-state index contributed by atoms with van der Waals surface area (Å²) < 4.78 is 0. The van der Waals surface area contributed by atoms with Crippen LogP contribution in [0.1, 0.15) is 5.56 Å². The summed E-state index contributed by atoms with van der Waals surface area (Å²) in [4.78, 5) is 2.23. The second-order valence-electron chi connectivity index (χ2n) is 13.5. The van der Waals surface area contributed by atoms with E-state index in [1.54, 1.807) is 0 Å². The Hall–Kier alpha value is -7.21. The highest BCUT2D eigenvalue weighted by atomic mass is 15.1. The van der Waals surface area contributed by atoms with Crippen LogP contribution in [-0.4, -0.2) is 0 Å². The number of benzene rings is 9. The van der Waals surface area contributed by atoms with Crippen LogP contribution in [0.5, 0.6) is 0 Å². The Morgan fingerprint density at radius 1 is 0.340 bits per heavy atom. The molecule has 0 saturated heterocycles. The van der Waals surface area contributed by atoms with Crippen molar-refractivity contribution in [1.29, 1.82) is 5.26 Å². The van der Waals surface area contributed by atoms with E-state index in [4.69, 9.17) is 0 Å². The first-order valence-electron chi connectivity index (χ1n) is 18.0. The lowest BCUT2D eigenvalue weighted by Gasteiger charge is -2.26. The maximum Gasteiger partial charge on any atom is 0.0992 e. The van der Waals surface area contributed by atoms with Gasteiger partial charge in [-0.15, -0.1) is 0 Å². The molecule has 53 heavy (non-hydrogen) atoms. The van der Waals surface area contributed by atoms with Crippen LogP contribution in [0.15, 0.2) is 194 Å². The molecule has 2 nitrogen and oxygen atoms in total. The zero-order valence-electron chi connectivity index (χ0n) is 28.9. The highest BCUT2D eigenvalue weighted by molar-refractivity contribution is 6.28. The van der Waals surface area contributed by atoms with Gasteiger partial charge in [0, 0.05) is 17.1 Å². The third-order valence-electron chi connectivity index (χ3n) is 10.6. The molecule has 0 radical (unpaired) electrons. The van der Waals surface area contributed by atoms with Crippen LogP contribution in [0.3, 0.4) is 0 Å². The van der Waals surface area contributed by atoms with Gasteiger partial charge in [0.15, 0.2) is 0 Å². The summed E-state index contributed by atoms with van der Waals surface area (Å²) in [5.41, 5.74) is 16.1. The second kappa shape index (κ2) is 12.5. The molecule has 0 aliphatic heterocycles. The zero-order chi connectivity index (χ0) is 35.3. The van der Waals surface area contributed by atoms with Crippen molar-refractivity contribution < 1.29 is 0 Å². The Labute approximate surface area is 309 Å². The van der Waals surface area contributed by atoms with E-state index in [9.17, 15) is 5.26 Å². The molecule has 9 aromatic rings. The van der Waals surface area contributed by atoms with Crippen LogP contribution in [0.2, 0.25) is 0 Å². The lowest BCUT2D eigenvalue weighted by atomic mass is 9.82. The van der Waals surface area contributed by atoms with E-state index in [0.29, 0.717) is 5.56 Å². The highest BCUT2D eigenvalue weighted by Crippen LogP contribution is 2.58. The molecule has 9 aromatic carbocycles. The van der Waals surface area contributed by atoms with Crippen LogP contribution in [0.25, 0.3) is 77.2 Å². The Bertz CT molecular complexity index is 2790. The van der Waals surface area contributed by atoms with E-state index in [1.165, 1.54) is 71.6 Å². The summed E-state index contributed by atoms with van der Waals surface area (Å²) in [6.45, 7) is 0. The average Bonchev–Trinajstić information content (AvgIpc) is 3.56. The molecular formula is C51H32N2. The Morgan fingerprint density at radius 2 is 0.811 bits per heavy atom. The predicted molar refractivity (Wildman–Crippen MR) is 222 cm³/mol. The summed E-state index contributed by atoms with van der Waals surface area (Å²) in [6, 6.07) is 71.4. The van der Waals surface area contributed by atoms with Gasteiger partial charge < -0.3 is 4.90 Å². The van der Waals surface area contributed by atoms with E-state index in [-0.39, 0.29) is 0 Å². The van der Waals surface area contributed by atoms with Gasteiger partial charge >= 0.3 is 0 Å². The Morgan fingerprint density at radius 3 is 1.45 bits per heavy atom. The zero-order valence-corrected chi connectivity index (χ0v) is 28.9. The number of fused-ring (bicyclic) bond motifs is 4. The predicted octanol–water partition coefficient (Wildman–Crippen LogP) is 14.0. The largest absolute Gasteiger partial charge is 0.310 e. The van der Waals surface area contributed by atoms with Crippen molar-refractivity contribution in [1.82, 2.24) is 0 Å². The molecule has 0 amide bonds. The molecule has 0 heterocycles. The minimum Gasteiger partial charge on any atom is -0.310 e. The number of nitrogens with zero attached hydrogens (tertiary/aromatic N) is 2. The van der Waals surface area contributed by atoms with E-state index < -0.39 is 0 Å². The van der Waals surface area contributed by atoms with E-state index in [2.05, 4.69) is 181 Å². The summed E-state index contributed by atoms with van der Waals surface area (Å²) in [7, 11) is 0. The molecule has 0 saturated carbocycles. The van der Waals surface area contributed by atoms with Crippen molar-refractivity contribution in [3.05, 3.63) is 200 Å². The van der Waals surface area contributed by atoms with Gasteiger partial charge in [-0.25, -0.2) is 0 Å². The maximum absolute atomic E-state index is 9.74. The lowest BCUT2D eigenvalue weighted by molar-refractivity contribution is 1.28. The minimum atomic E-state index is 0.629.